The van der Waals surface area contributed by atoms with Crippen LogP contribution in [-0.4, -0.2) is 27.0 Å². The number of halogens is 1. The first kappa shape index (κ1) is 19.1. The number of rotatable bonds is 6. The Morgan fingerprint density at radius 3 is 2.32 bits per heavy atom. The van der Waals surface area contributed by atoms with Gasteiger partial charge in [0.15, 0.2) is 0 Å². The molecule has 0 amide bonds. The van der Waals surface area contributed by atoms with Gasteiger partial charge in [-0.15, -0.1) is 0 Å². The fourth-order valence-corrected chi connectivity index (χ4v) is 4.16. The van der Waals surface area contributed by atoms with Crippen LogP contribution in [0, 0.1) is 5.82 Å². The van der Waals surface area contributed by atoms with Gasteiger partial charge in [-0.05, 0) is 50.1 Å². The molecule has 0 unspecified atom stereocenters. The van der Waals surface area contributed by atoms with Crippen molar-refractivity contribution in [2.24, 2.45) is 0 Å². The summed E-state index contributed by atoms with van der Waals surface area (Å²) in [6.07, 6.45) is 0.354. The molecule has 2 aromatic rings. The lowest BCUT2D eigenvalue weighted by Gasteiger charge is -2.26. The van der Waals surface area contributed by atoms with Gasteiger partial charge in [0.2, 0.25) is 10.0 Å². The van der Waals surface area contributed by atoms with Crippen LogP contribution >= 0.6 is 0 Å². The first-order valence-electron chi connectivity index (χ1n) is 7.60. The van der Waals surface area contributed by atoms with E-state index in [1.165, 1.54) is 37.4 Å². The van der Waals surface area contributed by atoms with Gasteiger partial charge in [-0.2, -0.15) is 0 Å². The zero-order valence-electron chi connectivity index (χ0n) is 14.2. The van der Waals surface area contributed by atoms with E-state index in [9.17, 15) is 17.6 Å². The fourth-order valence-electron chi connectivity index (χ4n) is 2.55. The van der Waals surface area contributed by atoms with Gasteiger partial charge in [0.25, 0.3) is 0 Å². The van der Waals surface area contributed by atoms with Crippen molar-refractivity contribution in [2.45, 2.75) is 30.7 Å². The van der Waals surface area contributed by atoms with Crippen LogP contribution in [0.5, 0.6) is 0 Å². The number of carbonyl (C=O) groups is 1. The Morgan fingerprint density at radius 1 is 1.12 bits per heavy atom. The molecular formula is C18H20FNO4S. The number of carbonyl (C=O) groups excluding carboxylic acids is 1. The Bertz CT molecular complexity index is 861. The third kappa shape index (κ3) is 4.87. The molecule has 0 saturated carbocycles. The van der Waals surface area contributed by atoms with E-state index in [0.29, 0.717) is 6.42 Å². The normalized spacial score (nSPS) is 12.0. The van der Waals surface area contributed by atoms with Crippen molar-refractivity contribution in [1.29, 1.82) is 0 Å². The summed E-state index contributed by atoms with van der Waals surface area (Å²) in [7, 11) is -2.76. The average Bonchev–Trinajstić information content (AvgIpc) is 2.55. The number of hydrogen-bond acceptors (Lipinski definition) is 4. The maximum absolute atomic E-state index is 13.0. The summed E-state index contributed by atoms with van der Waals surface area (Å²) in [6, 6.07) is 11.7. The Kier molecular flexibility index (Phi) is 5.59. The van der Waals surface area contributed by atoms with Crippen molar-refractivity contribution >= 4 is 16.0 Å². The van der Waals surface area contributed by atoms with Gasteiger partial charge in [0.1, 0.15) is 5.82 Å². The van der Waals surface area contributed by atoms with Gasteiger partial charge in [-0.3, -0.25) is 0 Å². The Morgan fingerprint density at radius 2 is 1.72 bits per heavy atom. The molecule has 0 aliphatic heterocycles. The minimum atomic E-state index is -3.96. The van der Waals surface area contributed by atoms with Crippen molar-refractivity contribution in [3.63, 3.8) is 0 Å². The largest absolute Gasteiger partial charge is 0.465 e. The highest BCUT2D eigenvalue weighted by Gasteiger charge is 2.29. The molecule has 0 saturated heterocycles. The summed E-state index contributed by atoms with van der Waals surface area (Å²) >= 11 is 0. The maximum Gasteiger partial charge on any atom is 0.339 e. The minimum absolute atomic E-state index is 0.0323. The maximum atomic E-state index is 13.0. The molecule has 0 aliphatic rings. The third-order valence-electron chi connectivity index (χ3n) is 3.55. The highest BCUT2D eigenvalue weighted by molar-refractivity contribution is 7.89. The molecule has 0 spiro atoms. The molecule has 0 heterocycles. The summed E-state index contributed by atoms with van der Waals surface area (Å²) in [5, 5.41) is 0. The predicted molar refractivity (Wildman–Crippen MR) is 92.3 cm³/mol. The number of hydrogen-bond donors (Lipinski definition) is 1. The van der Waals surface area contributed by atoms with Crippen LogP contribution in [-0.2, 0) is 21.2 Å². The van der Waals surface area contributed by atoms with Crippen molar-refractivity contribution in [3.8, 4) is 0 Å². The molecule has 0 aromatic heterocycles. The van der Waals surface area contributed by atoms with Crippen LogP contribution in [0.15, 0.2) is 53.4 Å². The zero-order chi connectivity index (χ0) is 18.7. The molecule has 0 bridgehead atoms. The van der Waals surface area contributed by atoms with Gasteiger partial charge >= 0.3 is 5.97 Å². The zero-order valence-corrected chi connectivity index (χ0v) is 15.1. The van der Waals surface area contributed by atoms with Crippen LogP contribution < -0.4 is 4.72 Å². The molecular weight excluding hydrogens is 345 g/mol. The van der Waals surface area contributed by atoms with Gasteiger partial charge in [0, 0.05) is 5.54 Å². The summed E-state index contributed by atoms with van der Waals surface area (Å²) in [5.41, 5.74) is -0.0923. The summed E-state index contributed by atoms with van der Waals surface area (Å²) < 4.78 is 45.8. The van der Waals surface area contributed by atoms with Crippen LogP contribution in [0.3, 0.4) is 0 Å². The Balaban J connectivity index is 2.28. The lowest BCUT2D eigenvalue weighted by atomic mass is 9.96. The summed E-state index contributed by atoms with van der Waals surface area (Å²) in [4.78, 5) is 11.7. The van der Waals surface area contributed by atoms with Crippen molar-refractivity contribution in [2.75, 3.05) is 7.11 Å². The van der Waals surface area contributed by atoms with Crippen molar-refractivity contribution < 1.29 is 22.3 Å². The molecule has 2 rings (SSSR count). The summed E-state index contributed by atoms with van der Waals surface area (Å²) in [6.45, 7) is 3.43. The van der Waals surface area contributed by atoms with Crippen molar-refractivity contribution in [1.82, 2.24) is 4.72 Å². The highest BCUT2D eigenvalue weighted by Crippen LogP contribution is 2.21. The molecule has 0 fully saturated rings. The number of esters is 1. The molecule has 1 N–H and O–H groups in total. The van der Waals surface area contributed by atoms with Gasteiger partial charge in [0.05, 0.1) is 17.6 Å². The standard InChI is InChI=1S/C18H20FNO4S/c1-18(2,12-13-8-10-14(19)11-9-13)20-25(22,23)16-7-5-4-6-15(16)17(21)24-3/h4-11,20H,12H2,1-3H3. The quantitative estimate of drug-likeness (QED) is 0.799. The summed E-state index contributed by atoms with van der Waals surface area (Å²) in [5.74, 6) is -1.08. The van der Waals surface area contributed by atoms with E-state index in [1.807, 2.05) is 0 Å². The van der Waals surface area contributed by atoms with Crippen LogP contribution in [0.1, 0.15) is 29.8 Å². The number of sulfonamides is 1. The fraction of sp³-hybridized carbons (Fsp3) is 0.278. The van der Waals surface area contributed by atoms with E-state index in [1.54, 1.807) is 32.0 Å². The minimum Gasteiger partial charge on any atom is -0.465 e. The van der Waals surface area contributed by atoms with Gasteiger partial charge in [-0.1, -0.05) is 24.3 Å². The predicted octanol–water partition coefficient (Wildman–Crippen LogP) is 2.91. The molecule has 2 aromatic carbocycles. The second-order valence-electron chi connectivity index (χ2n) is 6.28. The van der Waals surface area contributed by atoms with E-state index in [0.717, 1.165) is 5.56 Å². The number of ether oxygens (including phenoxy) is 1. The Hall–Kier alpha value is -2.25. The van der Waals surface area contributed by atoms with E-state index < -0.39 is 21.5 Å². The van der Waals surface area contributed by atoms with E-state index in [-0.39, 0.29) is 16.3 Å². The van der Waals surface area contributed by atoms with E-state index in [4.69, 9.17) is 0 Å². The van der Waals surface area contributed by atoms with Crippen LogP contribution in [0.2, 0.25) is 0 Å². The second kappa shape index (κ2) is 7.33. The van der Waals surface area contributed by atoms with Crippen molar-refractivity contribution in [3.05, 3.63) is 65.5 Å². The smallest absolute Gasteiger partial charge is 0.339 e. The lowest BCUT2D eigenvalue weighted by molar-refractivity contribution is 0.0596. The molecule has 134 valence electrons. The van der Waals surface area contributed by atoms with E-state index in [2.05, 4.69) is 9.46 Å². The van der Waals surface area contributed by atoms with Gasteiger partial charge in [-0.25, -0.2) is 22.3 Å². The topological polar surface area (TPSA) is 72.5 Å². The molecule has 0 radical (unpaired) electrons. The highest BCUT2D eigenvalue weighted by atomic mass is 32.2. The molecule has 5 nitrogen and oxygen atoms in total. The first-order chi connectivity index (χ1) is 11.6. The molecule has 7 heteroatoms. The Labute approximate surface area is 146 Å². The average molecular weight is 365 g/mol. The van der Waals surface area contributed by atoms with Crippen LogP contribution in [0.4, 0.5) is 4.39 Å². The van der Waals surface area contributed by atoms with Crippen LogP contribution in [0.25, 0.3) is 0 Å². The molecule has 0 aliphatic carbocycles. The second-order valence-corrected chi connectivity index (χ2v) is 7.93. The monoisotopic (exact) mass is 365 g/mol. The SMILES string of the molecule is COC(=O)c1ccccc1S(=O)(=O)NC(C)(C)Cc1ccc(F)cc1. The first-order valence-corrected chi connectivity index (χ1v) is 9.09. The third-order valence-corrected chi connectivity index (χ3v) is 5.31. The lowest BCUT2D eigenvalue weighted by Crippen LogP contribution is -2.45. The molecule has 25 heavy (non-hydrogen) atoms. The van der Waals surface area contributed by atoms with E-state index >= 15 is 0 Å². The van der Waals surface area contributed by atoms with Gasteiger partial charge < -0.3 is 4.74 Å². The molecule has 0 atom stereocenters. The number of methoxy groups -OCH3 is 1. The number of nitrogens with one attached hydrogen (secondary N) is 1. The number of benzene rings is 2.